The highest BCUT2D eigenvalue weighted by Crippen LogP contribution is 2.30. The number of nitrogens with zero attached hydrogens (tertiary/aromatic N) is 1. The summed E-state index contributed by atoms with van der Waals surface area (Å²) in [5.74, 6) is 6.08. The van der Waals surface area contributed by atoms with Crippen LogP contribution in [0.2, 0.25) is 0 Å². The van der Waals surface area contributed by atoms with E-state index in [-0.39, 0.29) is 12.4 Å². The molecule has 0 aliphatic carbocycles. The number of hydrogen-bond acceptors (Lipinski definition) is 3. The summed E-state index contributed by atoms with van der Waals surface area (Å²) in [6, 6.07) is 0. The molecule has 7 N–H and O–H groups in total. The first-order chi connectivity index (χ1) is 25.7. The first kappa shape index (κ1) is 63.7. The van der Waals surface area contributed by atoms with Gasteiger partial charge < -0.3 is 15.9 Å². The Balaban J connectivity index is -0.000000207. The van der Waals surface area contributed by atoms with Crippen molar-refractivity contribution in [2.24, 2.45) is 17.2 Å². The molecule has 0 bridgehead atoms. The molecule has 0 unspecified atom stereocenters. The lowest BCUT2D eigenvalue weighted by atomic mass is 9.82. The molecule has 0 rings (SSSR count). The van der Waals surface area contributed by atoms with E-state index in [1.165, 1.54) is 231 Å². The fourth-order valence-electron chi connectivity index (χ4n) is 7.23. The van der Waals surface area contributed by atoms with E-state index in [1.807, 2.05) is 26.0 Å². The van der Waals surface area contributed by atoms with Crippen molar-refractivity contribution in [3.8, 4) is 0 Å². The van der Waals surface area contributed by atoms with Gasteiger partial charge in [0.2, 0.25) is 0 Å². The van der Waals surface area contributed by atoms with Crippen molar-refractivity contribution in [1.82, 2.24) is 10.3 Å². The maximum Gasteiger partial charge on any atom is 0.00974 e. The summed E-state index contributed by atoms with van der Waals surface area (Å²) in [6.07, 6.45) is 56.1. The van der Waals surface area contributed by atoms with Gasteiger partial charge >= 0.3 is 0 Å². The molecule has 55 heavy (non-hydrogen) atoms. The van der Waals surface area contributed by atoms with Crippen LogP contribution in [0, 0.1) is 11.3 Å². The standard InChI is InChI=1S/C30H60.C17H38N2.C3H9N.2H2O.H2/c1-6-9-12-15-17-19-24-29(25-20-18-16-13-10-7-2)26-21-23-28-30(4,5)27-22-14-11-8-3;1-2-3-4-5-6-7-8-9-10-11-12-13-14-15-16-17-19-18;1-4(2)3;;;/h21,26,29H,6-20,22-25,27-28H2,1-5H3;19H,2-18H2,1H3;1-3H3;2*1H2;1H/b26-21+;;;;;. The average molecular weight is 788 g/mol. The Morgan fingerprint density at radius 1 is 0.473 bits per heavy atom. The Bertz CT molecular complexity index is 627. The van der Waals surface area contributed by atoms with Crippen LogP contribution in [-0.2, 0) is 0 Å². The van der Waals surface area contributed by atoms with E-state index in [2.05, 4.69) is 59.1 Å². The molecule has 0 aliphatic rings. The lowest BCUT2D eigenvalue weighted by Gasteiger charge is -2.24. The van der Waals surface area contributed by atoms with E-state index < -0.39 is 0 Å². The van der Waals surface area contributed by atoms with E-state index in [1.54, 1.807) is 0 Å². The van der Waals surface area contributed by atoms with E-state index >= 15 is 0 Å². The smallest absolute Gasteiger partial charge is 0.00974 e. The second-order valence-electron chi connectivity index (χ2n) is 18.1. The van der Waals surface area contributed by atoms with Crippen molar-refractivity contribution in [2.75, 3.05) is 27.7 Å². The third kappa shape index (κ3) is 65.7. The third-order valence-electron chi connectivity index (χ3n) is 10.9. The second-order valence-corrected chi connectivity index (χ2v) is 18.1. The molecule has 0 aromatic rings. The molecular formula is C50H113N3O2. The lowest BCUT2D eigenvalue weighted by molar-refractivity contribution is 0.296. The van der Waals surface area contributed by atoms with Gasteiger partial charge in [-0.25, -0.2) is 0 Å². The van der Waals surface area contributed by atoms with Crippen molar-refractivity contribution in [3.05, 3.63) is 12.2 Å². The Hall–Kier alpha value is -0.460. The zero-order valence-electron chi connectivity index (χ0n) is 39.9. The summed E-state index contributed by atoms with van der Waals surface area (Å²) in [5.41, 5.74) is 3.23. The number of rotatable bonds is 39. The highest BCUT2D eigenvalue weighted by molar-refractivity contribution is 4.90. The van der Waals surface area contributed by atoms with Gasteiger partial charge in [-0.2, -0.15) is 0 Å². The molecule has 0 spiro atoms. The van der Waals surface area contributed by atoms with Gasteiger partial charge in [0.25, 0.3) is 0 Å². The first-order valence-corrected chi connectivity index (χ1v) is 24.4. The normalized spacial score (nSPS) is 11.3. The van der Waals surface area contributed by atoms with E-state index in [9.17, 15) is 0 Å². The topological polar surface area (TPSA) is 104 Å². The average Bonchev–Trinajstić information content (AvgIpc) is 3.13. The fourth-order valence-corrected chi connectivity index (χ4v) is 7.23. The van der Waals surface area contributed by atoms with Gasteiger partial charge in [-0.1, -0.05) is 246 Å². The maximum absolute atomic E-state index is 5.23. The molecule has 0 saturated heterocycles. The molecule has 0 radical (unpaired) electrons. The van der Waals surface area contributed by atoms with Crippen molar-refractivity contribution in [2.45, 2.75) is 273 Å². The summed E-state index contributed by atoms with van der Waals surface area (Å²) < 4.78 is 0. The van der Waals surface area contributed by atoms with Crippen LogP contribution in [-0.4, -0.2) is 43.5 Å². The molecule has 340 valence electrons. The lowest BCUT2D eigenvalue weighted by Crippen LogP contribution is -2.22. The van der Waals surface area contributed by atoms with Gasteiger partial charge in [-0.05, 0) is 71.0 Å². The number of hydrazine groups is 1. The predicted molar refractivity (Wildman–Crippen MR) is 256 cm³/mol. The zero-order chi connectivity index (χ0) is 39.9. The van der Waals surface area contributed by atoms with Gasteiger partial charge in [-0.3, -0.25) is 11.3 Å². The molecule has 0 aromatic heterocycles. The molecule has 5 nitrogen and oxygen atoms in total. The van der Waals surface area contributed by atoms with Crippen molar-refractivity contribution < 1.29 is 12.4 Å². The summed E-state index contributed by atoms with van der Waals surface area (Å²) in [7, 11) is 6.00. The number of unbranched alkanes of at least 4 members (excludes halogenated alkanes) is 27. The van der Waals surface area contributed by atoms with Crippen LogP contribution >= 0.6 is 0 Å². The minimum atomic E-state index is 0. The molecule has 0 heterocycles. The Labute approximate surface area is 351 Å². The summed E-state index contributed by atoms with van der Waals surface area (Å²) in [5, 5.41) is 0. The van der Waals surface area contributed by atoms with E-state index in [0.717, 1.165) is 12.5 Å². The quantitative estimate of drug-likeness (QED) is 0.0280. The summed E-state index contributed by atoms with van der Waals surface area (Å²) in [4.78, 5) is 2.00. The highest BCUT2D eigenvalue weighted by atomic mass is 16.0. The molecule has 0 amide bonds. The molecule has 0 aliphatic heterocycles. The van der Waals surface area contributed by atoms with Crippen LogP contribution in [0.25, 0.3) is 0 Å². The number of allylic oxidation sites excluding steroid dienone is 2. The molecule has 0 saturated carbocycles. The first-order valence-electron chi connectivity index (χ1n) is 24.4. The minimum Gasteiger partial charge on any atom is -0.412 e. The molecule has 5 heteroatoms. The molecule has 0 aromatic carbocycles. The second kappa shape index (κ2) is 55.6. The van der Waals surface area contributed by atoms with Crippen LogP contribution in [0.5, 0.6) is 0 Å². The maximum atomic E-state index is 5.23. The van der Waals surface area contributed by atoms with Gasteiger partial charge in [-0.15, -0.1) is 0 Å². The SMILES string of the molecule is CCCCCCCCC(/C=C/CCC(C)(C)CCCCCC)CCCCCCCC.CCCCCCCCCCCCCCCCCNN.CN(C)C.O.O.[HH]. The summed E-state index contributed by atoms with van der Waals surface area (Å²) in [6.45, 7) is 15.2. The Kier molecular flexibility index (Phi) is 64.4. The van der Waals surface area contributed by atoms with Gasteiger partial charge in [0, 0.05) is 7.97 Å². The van der Waals surface area contributed by atoms with Crippen molar-refractivity contribution in [3.63, 3.8) is 0 Å². The minimum absolute atomic E-state index is 0. The van der Waals surface area contributed by atoms with E-state index in [4.69, 9.17) is 5.84 Å². The van der Waals surface area contributed by atoms with Crippen LogP contribution in [0.4, 0.5) is 0 Å². The monoisotopic (exact) mass is 788 g/mol. The third-order valence-corrected chi connectivity index (χ3v) is 10.9. The van der Waals surface area contributed by atoms with Gasteiger partial charge in [0.15, 0.2) is 0 Å². The molecule has 0 fully saturated rings. The highest BCUT2D eigenvalue weighted by Gasteiger charge is 2.16. The number of hydrogen-bond donors (Lipinski definition) is 2. The van der Waals surface area contributed by atoms with Crippen LogP contribution < -0.4 is 11.3 Å². The Morgan fingerprint density at radius 2 is 0.764 bits per heavy atom. The van der Waals surface area contributed by atoms with Crippen molar-refractivity contribution >= 4 is 0 Å². The van der Waals surface area contributed by atoms with Crippen LogP contribution in [0.15, 0.2) is 12.2 Å². The van der Waals surface area contributed by atoms with Crippen LogP contribution in [0.3, 0.4) is 0 Å². The van der Waals surface area contributed by atoms with E-state index in [0.29, 0.717) is 5.41 Å². The van der Waals surface area contributed by atoms with Gasteiger partial charge in [0.05, 0.1) is 0 Å². The zero-order valence-corrected chi connectivity index (χ0v) is 39.9. The fraction of sp³-hybridized carbons (Fsp3) is 0.960. The molecular weight excluding hydrogens is 675 g/mol. The Morgan fingerprint density at radius 3 is 1.09 bits per heavy atom. The van der Waals surface area contributed by atoms with Gasteiger partial charge in [0.1, 0.15) is 0 Å². The summed E-state index contributed by atoms with van der Waals surface area (Å²) >= 11 is 0. The molecule has 0 atom stereocenters. The van der Waals surface area contributed by atoms with Crippen LogP contribution in [0.1, 0.15) is 274 Å². The van der Waals surface area contributed by atoms with Crippen molar-refractivity contribution in [1.29, 1.82) is 0 Å². The predicted octanol–water partition coefficient (Wildman–Crippen LogP) is 15.5. The number of nitrogens with one attached hydrogen (secondary N) is 1. The largest absolute Gasteiger partial charge is 0.412 e. The number of nitrogens with two attached hydrogens (primary N) is 1.